The second-order valence-electron chi connectivity index (χ2n) is 9.16. The summed E-state index contributed by atoms with van der Waals surface area (Å²) in [4.78, 5) is 42.9. The van der Waals surface area contributed by atoms with E-state index in [0.29, 0.717) is 53.5 Å². The SMILES string of the molecule is CCOC(=O)C1=C(C)N=c2s/c(=C/c3ccc(-c4ccc(C)c([N+](=O)[O-])c4)o3)c(=O)n2[C@@H]1c1ccc(OC)c(Br)c1. The van der Waals surface area contributed by atoms with E-state index in [1.807, 2.05) is 0 Å². The molecule has 0 unspecified atom stereocenters. The standard InChI is InChI=1S/C29H24BrN3O7S/c1-5-39-28(35)25-16(3)31-29-32(26(25)18-8-10-23(38-4)20(30)12-18)27(34)24(41-29)14-19-9-11-22(40-19)17-7-6-15(2)21(13-17)33(36)37/h6-14,26H,5H2,1-4H3/b24-14+/t26-/m1/s1. The number of rotatable bonds is 7. The lowest BCUT2D eigenvalue weighted by Crippen LogP contribution is -2.39. The van der Waals surface area contributed by atoms with Crippen LogP contribution in [0.3, 0.4) is 0 Å². The molecule has 1 atom stereocenters. The van der Waals surface area contributed by atoms with Crippen LogP contribution in [0, 0.1) is 17.0 Å². The minimum atomic E-state index is -0.782. The molecule has 0 saturated heterocycles. The van der Waals surface area contributed by atoms with E-state index in [4.69, 9.17) is 13.9 Å². The fraction of sp³-hybridized carbons (Fsp3) is 0.207. The van der Waals surface area contributed by atoms with Gasteiger partial charge in [0.25, 0.3) is 11.2 Å². The van der Waals surface area contributed by atoms with Gasteiger partial charge in [-0.25, -0.2) is 9.79 Å². The van der Waals surface area contributed by atoms with E-state index in [9.17, 15) is 19.7 Å². The van der Waals surface area contributed by atoms with E-state index in [-0.39, 0.29) is 23.4 Å². The third kappa shape index (κ3) is 5.27. The highest BCUT2D eigenvalue weighted by Gasteiger charge is 2.33. The molecule has 210 valence electrons. The second-order valence-corrected chi connectivity index (χ2v) is 11.0. The zero-order chi connectivity index (χ0) is 29.4. The molecule has 12 heteroatoms. The Bertz CT molecular complexity index is 1920. The van der Waals surface area contributed by atoms with Gasteiger partial charge in [-0.1, -0.05) is 29.5 Å². The molecule has 0 spiro atoms. The number of aryl methyl sites for hydroxylation is 1. The maximum atomic E-state index is 13.8. The number of allylic oxidation sites excluding steroid dienone is 1. The number of carbonyl (C=O) groups is 1. The van der Waals surface area contributed by atoms with Gasteiger partial charge in [0.05, 0.1) is 45.0 Å². The largest absolute Gasteiger partial charge is 0.496 e. The van der Waals surface area contributed by atoms with Gasteiger partial charge < -0.3 is 13.9 Å². The number of esters is 1. The summed E-state index contributed by atoms with van der Waals surface area (Å²) in [5.41, 5.74) is 2.11. The van der Waals surface area contributed by atoms with Crippen molar-refractivity contribution in [1.82, 2.24) is 4.57 Å². The maximum Gasteiger partial charge on any atom is 0.338 e. The molecule has 1 aliphatic rings. The van der Waals surface area contributed by atoms with Gasteiger partial charge in [0, 0.05) is 23.3 Å². The average molecular weight is 638 g/mol. The van der Waals surface area contributed by atoms with Crippen molar-refractivity contribution in [2.45, 2.75) is 26.8 Å². The highest BCUT2D eigenvalue weighted by atomic mass is 79.9. The monoisotopic (exact) mass is 637 g/mol. The van der Waals surface area contributed by atoms with E-state index >= 15 is 0 Å². The van der Waals surface area contributed by atoms with Crippen molar-refractivity contribution < 1.29 is 23.6 Å². The van der Waals surface area contributed by atoms with E-state index in [2.05, 4.69) is 20.9 Å². The molecule has 3 heterocycles. The number of methoxy groups -OCH3 is 1. The number of thiazole rings is 1. The Morgan fingerprint density at radius 3 is 2.68 bits per heavy atom. The summed E-state index contributed by atoms with van der Waals surface area (Å²) < 4.78 is 19.1. The summed E-state index contributed by atoms with van der Waals surface area (Å²) in [5, 5.41) is 11.4. The number of nitro groups is 1. The number of benzene rings is 2. The number of ether oxygens (including phenoxy) is 2. The van der Waals surface area contributed by atoms with E-state index < -0.39 is 16.9 Å². The number of aromatic nitrogens is 1. The van der Waals surface area contributed by atoms with Gasteiger partial charge >= 0.3 is 5.97 Å². The van der Waals surface area contributed by atoms with Crippen LogP contribution in [0.4, 0.5) is 5.69 Å². The number of nitrogens with zero attached hydrogens (tertiary/aromatic N) is 3. The minimum Gasteiger partial charge on any atom is -0.496 e. The summed E-state index contributed by atoms with van der Waals surface area (Å²) in [6, 6.07) is 12.8. The molecule has 0 radical (unpaired) electrons. The molecule has 0 N–H and O–H groups in total. The normalized spacial score (nSPS) is 15.0. The molecule has 0 amide bonds. The van der Waals surface area contributed by atoms with Crippen molar-refractivity contribution >= 4 is 45.0 Å². The summed E-state index contributed by atoms with van der Waals surface area (Å²) in [5.74, 6) is 0.863. The Kier molecular flexibility index (Phi) is 7.78. The van der Waals surface area contributed by atoms with E-state index in [1.54, 1.807) is 76.4 Å². The maximum absolute atomic E-state index is 13.8. The van der Waals surface area contributed by atoms with E-state index in [0.717, 1.165) is 0 Å². The van der Waals surface area contributed by atoms with Crippen LogP contribution < -0.4 is 19.6 Å². The number of hydrogen-bond acceptors (Lipinski definition) is 9. The first-order valence-corrected chi connectivity index (χ1v) is 14.1. The number of carbonyl (C=O) groups excluding carboxylic acids is 1. The number of hydrogen-bond donors (Lipinski definition) is 0. The fourth-order valence-electron chi connectivity index (χ4n) is 4.63. The molecular formula is C29H24BrN3O7S. The molecule has 0 aliphatic carbocycles. The van der Waals surface area contributed by atoms with Crippen LogP contribution >= 0.6 is 27.3 Å². The first-order chi connectivity index (χ1) is 19.6. The molecule has 5 rings (SSSR count). The molecule has 0 bridgehead atoms. The molecule has 2 aromatic carbocycles. The van der Waals surface area contributed by atoms with Crippen LogP contribution in [-0.4, -0.2) is 29.2 Å². The van der Waals surface area contributed by atoms with Crippen molar-refractivity contribution in [2.24, 2.45) is 4.99 Å². The van der Waals surface area contributed by atoms with Gasteiger partial charge in [-0.05, 0) is 66.5 Å². The second kappa shape index (κ2) is 11.3. The van der Waals surface area contributed by atoms with Gasteiger partial charge in [0.1, 0.15) is 17.3 Å². The Morgan fingerprint density at radius 1 is 1.22 bits per heavy atom. The Balaban J connectivity index is 1.63. The zero-order valence-electron chi connectivity index (χ0n) is 22.5. The van der Waals surface area contributed by atoms with Crippen molar-refractivity contribution in [3.63, 3.8) is 0 Å². The van der Waals surface area contributed by atoms with Gasteiger partial charge in [-0.15, -0.1) is 0 Å². The summed E-state index contributed by atoms with van der Waals surface area (Å²) in [6.07, 6.45) is 1.60. The molecule has 41 heavy (non-hydrogen) atoms. The van der Waals surface area contributed by atoms with Crippen molar-refractivity contribution in [2.75, 3.05) is 13.7 Å². The van der Waals surface area contributed by atoms with Gasteiger partial charge in [-0.3, -0.25) is 19.5 Å². The lowest BCUT2D eigenvalue weighted by molar-refractivity contribution is -0.385. The number of nitro benzene ring substituents is 1. The third-order valence-corrected chi connectivity index (χ3v) is 8.20. The van der Waals surface area contributed by atoms with Crippen LogP contribution in [0.2, 0.25) is 0 Å². The van der Waals surface area contributed by atoms with Crippen molar-refractivity contribution in [1.29, 1.82) is 0 Å². The quantitative estimate of drug-likeness (QED) is 0.158. The van der Waals surface area contributed by atoms with Gasteiger partial charge in [0.2, 0.25) is 0 Å². The van der Waals surface area contributed by atoms with Crippen LogP contribution in [-0.2, 0) is 9.53 Å². The summed E-state index contributed by atoms with van der Waals surface area (Å²) in [6.45, 7) is 5.27. The Labute approximate surface area is 246 Å². The number of furan rings is 1. The van der Waals surface area contributed by atoms with Crippen LogP contribution in [0.5, 0.6) is 5.75 Å². The Morgan fingerprint density at radius 2 is 2.00 bits per heavy atom. The Hall–Kier alpha value is -4.29. The molecular weight excluding hydrogens is 614 g/mol. The predicted molar refractivity (Wildman–Crippen MR) is 157 cm³/mol. The van der Waals surface area contributed by atoms with Crippen LogP contribution in [0.25, 0.3) is 17.4 Å². The lowest BCUT2D eigenvalue weighted by Gasteiger charge is -2.25. The minimum absolute atomic E-state index is 0.00768. The molecule has 10 nitrogen and oxygen atoms in total. The lowest BCUT2D eigenvalue weighted by atomic mass is 9.96. The zero-order valence-corrected chi connectivity index (χ0v) is 24.9. The number of halogens is 1. The highest BCUT2D eigenvalue weighted by molar-refractivity contribution is 9.10. The molecule has 0 saturated carbocycles. The third-order valence-electron chi connectivity index (χ3n) is 6.60. The first kappa shape index (κ1) is 28.2. The van der Waals surface area contributed by atoms with E-state index in [1.165, 1.54) is 22.0 Å². The average Bonchev–Trinajstić information content (AvgIpc) is 3.52. The fourth-order valence-corrected chi connectivity index (χ4v) is 6.22. The van der Waals surface area contributed by atoms with Crippen molar-refractivity contribution in [3.8, 4) is 17.1 Å². The van der Waals surface area contributed by atoms with Gasteiger partial charge in [0.15, 0.2) is 4.80 Å². The summed E-state index contributed by atoms with van der Waals surface area (Å²) in [7, 11) is 1.55. The van der Waals surface area contributed by atoms with Crippen LogP contribution in [0.15, 0.2) is 78.5 Å². The smallest absolute Gasteiger partial charge is 0.338 e. The molecule has 2 aromatic heterocycles. The summed E-state index contributed by atoms with van der Waals surface area (Å²) >= 11 is 4.67. The van der Waals surface area contributed by atoms with Gasteiger partial charge in [-0.2, -0.15) is 0 Å². The first-order valence-electron chi connectivity index (χ1n) is 12.5. The van der Waals surface area contributed by atoms with Crippen LogP contribution in [0.1, 0.15) is 36.8 Å². The molecule has 4 aromatic rings. The molecule has 1 aliphatic heterocycles. The van der Waals surface area contributed by atoms with Crippen molar-refractivity contribution in [3.05, 3.63) is 111 Å². The molecule has 0 fully saturated rings. The topological polar surface area (TPSA) is 126 Å². The highest BCUT2D eigenvalue weighted by Crippen LogP contribution is 2.35. The number of fused-ring (bicyclic) bond motifs is 1. The predicted octanol–water partition coefficient (Wildman–Crippen LogP) is 5.05.